The summed E-state index contributed by atoms with van der Waals surface area (Å²) in [5.41, 5.74) is 0.388. The molecule has 1 aromatic rings. The van der Waals surface area contributed by atoms with Crippen molar-refractivity contribution in [2.45, 2.75) is 87.0 Å². The van der Waals surface area contributed by atoms with Crippen molar-refractivity contribution < 1.29 is 28.8 Å². The molecule has 0 unspecified atom stereocenters. The smallest absolute Gasteiger partial charge is 0.166 e. The molecule has 5 aliphatic heterocycles. The molecule has 0 radical (unpaired) electrons. The minimum Gasteiger partial charge on any atom is -0.493 e. The van der Waals surface area contributed by atoms with Crippen LogP contribution in [0.2, 0.25) is 0 Å². The second kappa shape index (κ2) is 6.47. The van der Waals surface area contributed by atoms with Gasteiger partial charge in [-0.05, 0) is 49.8 Å². The Morgan fingerprint density at radius 3 is 2.82 bits per heavy atom. The van der Waals surface area contributed by atoms with E-state index in [2.05, 4.69) is 29.7 Å². The van der Waals surface area contributed by atoms with Crippen molar-refractivity contribution in [3.8, 4) is 11.5 Å². The number of piperidine rings is 1. The molecular formula is C26H34N2O6. The first-order valence-electron chi connectivity index (χ1n) is 12.9. The summed E-state index contributed by atoms with van der Waals surface area (Å²) in [7, 11) is 1.70. The molecule has 0 aromatic heterocycles. The summed E-state index contributed by atoms with van der Waals surface area (Å²) in [5.74, 6) is 2.10. The zero-order chi connectivity index (χ0) is 23.0. The van der Waals surface area contributed by atoms with E-state index in [4.69, 9.17) is 23.7 Å². The Morgan fingerprint density at radius 1 is 1.15 bits per heavy atom. The number of hydrogen-bond donors (Lipinski definition) is 1. The molecule has 2 spiro atoms. The van der Waals surface area contributed by atoms with Crippen molar-refractivity contribution in [3.05, 3.63) is 23.3 Å². The molecule has 5 heterocycles. The van der Waals surface area contributed by atoms with Crippen molar-refractivity contribution in [1.29, 1.82) is 0 Å². The minimum atomic E-state index is -0.883. The highest BCUT2D eigenvalue weighted by molar-refractivity contribution is 5.63. The van der Waals surface area contributed by atoms with E-state index in [1.54, 1.807) is 7.11 Å². The predicted octanol–water partition coefficient (Wildman–Crippen LogP) is 1.61. The summed E-state index contributed by atoms with van der Waals surface area (Å²) in [5, 5.41) is 12.8. The number of fused-ring (bicyclic) bond motifs is 2. The highest BCUT2D eigenvalue weighted by Crippen LogP contribution is 2.69. The lowest BCUT2D eigenvalue weighted by molar-refractivity contribution is -0.259. The average Bonchev–Trinajstić information content (AvgIpc) is 3.54. The molecule has 1 aromatic carbocycles. The number of benzene rings is 1. The molecule has 1 saturated carbocycles. The Balaban J connectivity index is 1.33. The number of aliphatic hydroxyl groups is 1. The number of likely N-dealkylation sites (tertiary alicyclic amines) is 1. The molecule has 8 heteroatoms. The lowest BCUT2D eigenvalue weighted by Gasteiger charge is -2.66. The molecule has 184 valence electrons. The lowest BCUT2D eigenvalue weighted by Crippen LogP contribution is -2.80. The zero-order valence-corrected chi connectivity index (χ0v) is 20.2. The van der Waals surface area contributed by atoms with Crippen LogP contribution in [0, 0.1) is 5.92 Å². The molecule has 8 atom stereocenters. The van der Waals surface area contributed by atoms with E-state index >= 15 is 0 Å². The van der Waals surface area contributed by atoms with Crippen molar-refractivity contribution in [2.75, 3.05) is 33.4 Å². The third-order valence-corrected chi connectivity index (χ3v) is 10.0. The molecule has 4 saturated heterocycles. The molecule has 0 amide bonds. The van der Waals surface area contributed by atoms with Crippen molar-refractivity contribution in [1.82, 2.24) is 9.80 Å². The summed E-state index contributed by atoms with van der Waals surface area (Å²) < 4.78 is 31.9. The summed E-state index contributed by atoms with van der Waals surface area (Å²) in [6.07, 6.45) is 2.35. The van der Waals surface area contributed by atoms with Gasteiger partial charge in [-0.25, -0.2) is 4.90 Å². The van der Waals surface area contributed by atoms with E-state index in [9.17, 15) is 5.11 Å². The third-order valence-electron chi connectivity index (χ3n) is 10.0. The van der Waals surface area contributed by atoms with Gasteiger partial charge in [-0.3, -0.25) is 4.90 Å². The van der Waals surface area contributed by atoms with Gasteiger partial charge in [0.1, 0.15) is 30.4 Å². The highest BCUT2D eigenvalue weighted by Gasteiger charge is 2.80. The minimum absolute atomic E-state index is 0.0476. The van der Waals surface area contributed by atoms with E-state index in [-0.39, 0.29) is 30.8 Å². The van der Waals surface area contributed by atoms with Crippen LogP contribution in [0.3, 0.4) is 0 Å². The van der Waals surface area contributed by atoms with Gasteiger partial charge in [0.15, 0.2) is 11.5 Å². The monoisotopic (exact) mass is 470 g/mol. The van der Waals surface area contributed by atoms with Gasteiger partial charge >= 0.3 is 0 Å². The number of nitrogens with zero attached hydrogens (tertiary/aromatic N) is 2. The highest BCUT2D eigenvalue weighted by atomic mass is 16.7. The maximum atomic E-state index is 12.8. The number of methoxy groups -OCH3 is 1. The molecule has 2 aliphatic carbocycles. The van der Waals surface area contributed by atoms with E-state index in [1.807, 2.05) is 6.07 Å². The van der Waals surface area contributed by atoms with Crippen LogP contribution in [0.1, 0.15) is 44.2 Å². The number of rotatable bonds is 3. The van der Waals surface area contributed by atoms with E-state index in [1.165, 1.54) is 11.1 Å². The molecule has 2 bridgehead atoms. The normalized spacial score (nSPS) is 47.9. The molecule has 5 fully saturated rings. The fourth-order valence-electron chi connectivity index (χ4n) is 8.92. The Kier molecular flexibility index (Phi) is 3.94. The summed E-state index contributed by atoms with van der Waals surface area (Å²) in [6.45, 7) is 7.59. The summed E-state index contributed by atoms with van der Waals surface area (Å²) in [4.78, 5) is 4.81. The van der Waals surface area contributed by atoms with Gasteiger partial charge < -0.3 is 28.8 Å². The Hall–Kier alpha value is -1.42. The van der Waals surface area contributed by atoms with E-state index in [0.29, 0.717) is 32.0 Å². The molecule has 34 heavy (non-hydrogen) atoms. The first-order valence-corrected chi connectivity index (χ1v) is 12.9. The fraction of sp³-hybridized carbons (Fsp3) is 0.769. The molecule has 1 N–H and O–H groups in total. The largest absolute Gasteiger partial charge is 0.493 e. The standard InChI is InChI=1S/C26H34N2O6/c1-14(2)11-27-9-8-24-20-15-4-5-16(30-3)21(20)33-22(24)25(6-7-26(24,29)17(27)10-15)23-28-18(12-32-23)31-13-19(28)34-25/h4-5,14,17-19,22-23,29H,6-13H2,1-3H3/t17-,18+,19+,22-,23+,24+,25+,26-/m1/s1. The van der Waals surface area contributed by atoms with Gasteiger partial charge in [0.25, 0.3) is 0 Å². The van der Waals surface area contributed by atoms with Crippen LogP contribution in [-0.2, 0) is 26.0 Å². The average molecular weight is 471 g/mol. The van der Waals surface area contributed by atoms with Gasteiger partial charge in [0, 0.05) is 18.2 Å². The van der Waals surface area contributed by atoms with Crippen molar-refractivity contribution in [2.24, 2.45) is 5.92 Å². The molecule has 7 aliphatic rings. The van der Waals surface area contributed by atoms with Gasteiger partial charge in [-0.1, -0.05) is 19.9 Å². The quantitative estimate of drug-likeness (QED) is 0.715. The van der Waals surface area contributed by atoms with Crippen molar-refractivity contribution in [3.63, 3.8) is 0 Å². The van der Waals surface area contributed by atoms with Gasteiger partial charge in [0.2, 0.25) is 0 Å². The SMILES string of the molecule is COc1ccc2c3c1O[C@H]1[C@]4(CC[C@@]5(O)[C@@H](C2)N(CC(C)C)CC[C@]315)O[C@H]1CO[C@H]2CO[C@@H]4N21. The lowest BCUT2D eigenvalue weighted by atomic mass is 9.46. The van der Waals surface area contributed by atoms with Crippen LogP contribution < -0.4 is 9.47 Å². The third kappa shape index (κ3) is 2.11. The van der Waals surface area contributed by atoms with Gasteiger partial charge in [-0.2, -0.15) is 0 Å². The fourth-order valence-corrected chi connectivity index (χ4v) is 8.92. The van der Waals surface area contributed by atoms with Crippen LogP contribution in [0.5, 0.6) is 11.5 Å². The van der Waals surface area contributed by atoms with Gasteiger partial charge in [0.05, 0.1) is 31.3 Å². The zero-order valence-electron chi connectivity index (χ0n) is 20.2. The Morgan fingerprint density at radius 2 is 2.00 bits per heavy atom. The first kappa shape index (κ1) is 20.7. The predicted molar refractivity (Wildman–Crippen MR) is 121 cm³/mol. The number of hydrogen-bond acceptors (Lipinski definition) is 8. The first-order chi connectivity index (χ1) is 16.4. The van der Waals surface area contributed by atoms with E-state index in [0.717, 1.165) is 37.4 Å². The van der Waals surface area contributed by atoms with Crippen molar-refractivity contribution >= 4 is 0 Å². The molecular weight excluding hydrogens is 436 g/mol. The van der Waals surface area contributed by atoms with Crippen LogP contribution in [0.25, 0.3) is 0 Å². The second-order valence-electron chi connectivity index (χ2n) is 11.8. The van der Waals surface area contributed by atoms with Crippen LogP contribution in [0.15, 0.2) is 12.1 Å². The Labute approximate surface area is 200 Å². The maximum Gasteiger partial charge on any atom is 0.166 e. The van der Waals surface area contributed by atoms with Crippen LogP contribution in [0.4, 0.5) is 0 Å². The Bertz CT molecular complexity index is 1070. The summed E-state index contributed by atoms with van der Waals surface area (Å²) >= 11 is 0. The number of ether oxygens (including phenoxy) is 5. The van der Waals surface area contributed by atoms with Gasteiger partial charge in [-0.15, -0.1) is 0 Å². The van der Waals surface area contributed by atoms with Crippen LogP contribution in [-0.4, -0.2) is 90.4 Å². The van der Waals surface area contributed by atoms with Crippen LogP contribution >= 0.6 is 0 Å². The summed E-state index contributed by atoms with van der Waals surface area (Å²) in [6, 6.07) is 4.30. The van der Waals surface area contributed by atoms with E-state index < -0.39 is 16.6 Å². The molecule has 8 rings (SSSR count). The topological polar surface area (TPSA) is 72.9 Å². The second-order valence-corrected chi connectivity index (χ2v) is 11.8. The molecule has 8 nitrogen and oxygen atoms in total. The maximum absolute atomic E-state index is 12.8.